The number of nitro benzene ring substituents is 1. The first-order valence-electron chi connectivity index (χ1n) is 6.76. The standard InChI is InChI=1S/C14H19N3O4/c1-10-9-15(2)6-7-16(10)14(18)11-4-5-12(17(19)20)13(8-11)21-3/h4-5,8,10H,6-7,9H2,1-3H3/t10-/m0/s1. The molecule has 1 atom stereocenters. The smallest absolute Gasteiger partial charge is 0.310 e. The van der Waals surface area contributed by atoms with Gasteiger partial charge in [0.15, 0.2) is 5.75 Å². The highest BCUT2D eigenvalue weighted by molar-refractivity contribution is 5.95. The number of amides is 1. The second-order valence-electron chi connectivity index (χ2n) is 5.25. The molecule has 0 spiro atoms. The van der Waals surface area contributed by atoms with E-state index in [1.807, 2.05) is 14.0 Å². The number of hydrogen-bond donors (Lipinski definition) is 0. The summed E-state index contributed by atoms with van der Waals surface area (Å²) < 4.78 is 5.01. The number of nitrogens with zero attached hydrogens (tertiary/aromatic N) is 3. The predicted molar refractivity (Wildman–Crippen MR) is 77.6 cm³/mol. The van der Waals surface area contributed by atoms with Crippen molar-refractivity contribution in [2.45, 2.75) is 13.0 Å². The van der Waals surface area contributed by atoms with Crippen LogP contribution in [0.5, 0.6) is 5.75 Å². The fourth-order valence-electron chi connectivity index (χ4n) is 2.57. The van der Waals surface area contributed by atoms with Gasteiger partial charge >= 0.3 is 5.69 Å². The number of piperazine rings is 1. The number of likely N-dealkylation sites (N-methyl/N-ethyl adjacent to an activating group) is 1. The molecule has 1 aliphatic heterocycles. The molecule has 7 heteroatoms. The van der Waals surface area contributed by atoms with Gasteiger partial charge in [-0.1, -0.05) is 0 Å². The Bertz CT molecular complexity index is 561. The number of carbonyl (C=O) groups is 1. The zero-order chi connectivity index (χ0) is 15.6. The van der Waals surface area contributed by atoms with Gasteiger partial charge in [0.25, 0.3) is 5.91 Å². The van der Waals surface area contributed by atoms with Crippen molar-refractivity contribution in [1.29, 1.82) is 0 Å². The summed E-state index contributed by atoms with van der Waals surface area (Å²) in [6, 6.07) is 4.34. The maximum absolute atomic E-state index is 12.5. The maximum atomic E-state index is 12.5. The Morgan fingerprint density at radius 2 is 2.14 bits per heavy atom. The maximum Gasteiger partial charge on any atom is 0.310 e. The van der Waals surface area contributed by atoms with Crippen molar-refractivity contribution >= 4 is 11.6 Å². The lowest BCUT2D eigenvalue weighted by molar-refractivity contribution is -0.385. The summed E-state index contributed by atoms with van der Waals surface area (Å²) in [6.45, 7) is 4.28. The van der Waals surface area contributed by atoms with Crippen molar-refractivity contribution in [3.05, 3.63) is 33.9 Å². The fraction of sp³-hybridized carbons (Fsp3) is 0.500. The number of benzene rings is 1. The van der Waals surface area contributed by atoms with Crippen LogP contribution in [-0.4, -0.2) is 60.5 Å². The van der Waals surface area contributed by atoms with E-state index >= 15 is 0 Å². The van der Waals surface area contributed by atoms with Crippen molar-refractivity contribution in [1.82, 2.24) is 9.80 Å². The molecule has 1 fully saturated rings. The van der Waals surface area contributed by atoms with Crippen LogP contribution in [-0.2, 0) is 0 Å². The lowest BCUT2D eigenvalue weighted by Crippen LogP contribution is -2.52. The first kappa shape index (κ1) is 15.2. The number of ether oxygens (including phenoxy) is 1. The average Bonchev–Trinajstić information content (AvgIpc) is 2.45. The van der Waals surface area contributed by atoms with Gasteiger partial charge < -0.3 is 14.5 Å². The third-order valence-electron chi connectivity index (χ3n) is 3.71. The summed E-state index contributed by atoms with van der Waals surface area (Å²) in [5.74, 6) is -0.0172. The Balaban J connectivity index is 2.25. The van der Waals surface area contributed by atoms with Crippen LogP contribution in [0.3, 0.4) is 0 Å². The Labute approximate surface area is 123 Å². The molecule has 1 saturated heterocycles. The molecular weight excluding hydrogens is 274 g/mol. The van der Waals surface area contributed by atoms with Crippen LogP contribution in [0.1, 0.15) is 17.3 Å². The molecule has 2 rings (SSSR count). The van der Waals surface area contributed by atoms with Gasteiger partial charge in [-0.25, -0.2) is 0 Å². The Morgan fingerprint density at radius 3 is 2.71 bits per heavy atom. The lowest BCUT2D eigenvalue weighted by atomic mass is 10.1. The van der Waals surface area contributed by atoms with E-state index in [4.69, 9.17) is 4.74 Å². The molecule has 0 saturated carbocycles. The number of nitro groups is 1. The summed E-state index contributed by atoms with van der Waals surface area (Å²) >= 11 is 0. The van der Waals surface area contributed by atoms with Gasteiger partial charge in [0.1, 0.15) is 0 Å². The zero-order valence-corrected chi connectivity index (χ0v) is 12.4. The third-order valence-corrected chi connectivity index (χ3v) is 3.71. The molecule has 1 heterocycles. The van der Waals surface area contributed by atoms with Crippen LogP contribution < -0.4 is 4.74 Å². The van der Waals surface area contributed by atoms with Gasteiger partial charge in [-0.05, 0) is 20.0 Å². The summed E-state index contributed by atoms with van der Waals surface area (Å²) in [7, 11) is 3.38. The molecule has 0 aromatic heterocycles. The molecule has 1 amide bonds. The van der Waals surface area contributed by atoms with E-state index in [0.717, 1.165) is 13.1 Å². The average molecular weight is 293 g/mol. The van der Waals surface area contributed by atoms with Crippen molar-refractivity contribution in [2.75, 3.05) is 33.8 Å². The number of methoxy groups -OCH3 is 1. The summed E-state index contributed by atoms with van der Waals surface area (Å²) in [6.07, 6.45) is 0. The quantitative estimate of drug-likeness (QED) is 0.621. The van der Waals surface area contributed by atoms with Gasteiger partial charge in [-0.2, -0.15) is 0 Å². The summed E-state index contributed by atoms with van der Waals surface area (Å²) in [5.41, 5.74) is 0.273. The normalized spacial score (nSPS) is 19.4. The summed E-state index contributed by atoms with van der Waals surface area (Å²) in [4.78, 5) is 26.9. The molecular formula is C14H19N3O4. The van der Waals surface area contributed by atoms with Crippen LogP contribution in [0.4, 0.5) is 5.69 Å². The third kappa shape index (κ3) is 3.13. The van der Waals surface area contributed by atoms with Crippen LogP contribution in [0.25, 0.3) is 0 Å². The Kier molecular flexibility index (Phi) is 4.42. The molecule has 0 aliphatic carbocycles. The van der Waals surface area contributed by atoms with Gasteiger partial charge in [0.05, 0.1) is 12.0 Å². The van der Waals surface area contributed by atoms with E-state index in [0.29, 0.717) is 12.1 Å². The fourth-order valence-corrected chi connectivity index (χ4v) is 2.57. The Morgan fingerprint density at radius 1 is 1.43 bits per heavy atom. The van der Waals surface area contributed by atoms with E-state index < -0.39 is 4.92 Å². The van der Waals surface area contributed by atoms with Crippen LogP contribution >= 0.6 is 0 Å². The van der Waals surface area contributed by atoms with Crippen molar-refractivity contribution in [3.63, 3.8) is 0 Å². The highest BCUT2D eigenvalue weighted by Crippen LogP contribution is 2.28. The minimum absolute atomic E-state index is 0.104. The molecule has 0 bridgehead atoms. The number of hydrogen-bond acceptors (Lipinski definition) is 5. The second-order valence-corrected chi connectivity index (χ2v) is 5.25. The van der Waals surface area contributed by atoms with Crippen molar-refractivity contribution in [3.8, 4) is 5.75 Å². The first-order valence-corrected chi connectivity index (χ1v) is 6.76. The second kappa shape index (κ2) is 6.09. The summed E-state index contributed by atoms with van der Waals surface area (Å²) in [5, 5.41) is 10.9. The molecule has 114 valence electrons. The van der Waals surface area contributed by atoms with E-state index in [1.54, 1.807) is 4.90 Å². The molecule has 0 radical (unpaired) electrons. The van der Waals surface area contributed by atoms with E-state index in [2.05, 4.69) is 4.90 Å². The Hall–Kier alpha value is -2.15. The first-order chi connectivity index (χ1) is 9.93. The van der Waals surface area contributed by atoms with E-state index in [-0.39, 0.29) is 23.4 Å². The van der Waals surface area contributed by atoms with Crippen LogP contribution in [0, 0.1) is 10.1 Å². The molecule has 1 aromatic carbocycles. The van der Waals surface area contributed by atoms with E-state index in [1.165, 1.54) is 25.3 Å². The van der Waals surface area contributed by atoms with Crippen LogP contribution in [0.15, 0.2) is 18.2 Å². The minimum atomic E-state index is -0.522. The molecule has 0 N–H and O–H groups in total. The molecule has 0 unspecified atom stereocenters. The van der Waals surface area contributed by atoms with Gasteiger partial charge in [-0.15, -0.1) is 0 Å². The topological polar surface area (TPSA) is 75.9 Å². The largest absolute Gasteiger partial charge is 0.490 e. The number of rotatable bonds is 3. The molecule has 21 heavy (non-hydrogen) atoms. The lowest BCUT2D eigenvalue weighted by Gasteiger charge is -2.38. The van der Waals surface area contributed by atoms with Crippen molar-refractivity contribution in [2.24, 2.45) is 0 Å². The van der Waals surface area contributed by atoms with Gasteiger partial charge in [0.2, 0.25) is 0 Å². The SMILES string of the molecule is COc1cc(C(=O)N2CCN(C)C[C@@H]2C)ccc1[N+](=O)[O-]. The van der Waals surface area contributed by atoms with Crippen molar-refractivity contribution < 1.29 is 14.5 Å². The molecule has 1 aliphatic rings. The highest BCUT2D eigenvalue weighted by atomic mass is 16.6. The van der Waals surface area contributed by atoms with Gasteiger partial charge in [0, 0.05) is 43.4 Å². The molecule has 7 nitrogen and oxygen atoms in total. The van der Waals surface area contributed by atoms with E-state index in [9.17, 15) is 14.9 Å². The predicted octanol–water partition coefficient (Wildman–Crippen LogP) is 1.38. The van der Waals surface area contributed by atoms with Gasteiger partial charge in [-0.3, -0.25) is 14.9 Å². The van der Waals surface area contributed by atoms with Crippen LogP contribution in [0.2, 0.25) is 0 Å². The number of carbonyl (C=O) groups excluding carboxylic acids is 1. The highest BCUT2D eigenvalue weighted by Gasteiger charge is 2.27. The zero-order valence-electron chi connectivity index (χ0n) is 12.4. The minimum Gasteiger partial charge on any atom is -0.490 e. The monoisotopic (exact) mass is 293 g/mol. The molecule has 1 aromatic rings.